The van der Waals surface area contributed by atoms with Crippen molar-refractivity contribution in [3.05, 3.63) is 132 Å². The SMILES string of the molecule is Cc1ccc(Oc2ccc(N3C(=S)N[C@@H](c4ccccn4)[C@@H]3c3ccc(Sc4ccccc4)o3)cc2)cc1. The fourth-order valence-electron chi connectivity index (χ4n) is 4.49. The molecule has 1 fully saturated rings. The summed E-state index contributed by atoms with van der Waals surface area (Å²) in [5.41, 5.74) is 3.03. The molecule has 0 bridgehead atoms. The molecule has 5 nitrogen and oxygen atoms in total. The first kappa shape index (κ1) is 24.3. The number of aryl methyl sites for hydroxylation is 1. The predicted molar refractivity (Wildman–Crippen MR) is 155 cm³/mol. The fourth-order valence-corrected chi connectivity index (χ4v) is 5.64. The maximum atomic E-state index is 6.40. The summed E-state index contributed by atoms with van der Waals surface area (Å²) in [4.78, 5) is 7.84. The highest BCUT2D eigenvalue weighted by Crippen LogP contribution is 2.43. The van der Waals surface area contributed by atoms with E-state index in [1.165, 1.54) is 5.56 Å². The molecule has 1 saturated heterocycles. The number of anilines is 1. The van der Waals surface area contributed by atoms with E-state index in [4.69, 9.17) is 21.4 Å². The van der Waals surface area contributed by atoms with E-state index in [1.807, 2.05) is 97.1 Å². The van der Waals surface area contributed by atoms with Gasteiger partial charge in [-0.15, -0.1) is 0 Å². The zero-order chi connectivity index (χ0) is 25.9. The van der Waals surface area contributed by atoms with Crippen LogP contribution in [0.4, 0.5) is 5.69 Å². The third-order valence-electron chi connectivity index (χ3n) is 6.32. The molecule has 0 saturated carbocycles. The minimum Gasteiger partial charge on any atom is -0.457 e. The summed E-state index contributed by atoms with van der Waals surface area (Å²) in [6.07, 6.45) is 1.80. The standard InChI is InChI=1S/C31H25N3O2S2/c1-21-10-14-23(15-11-21)35-24-16-12-22(13-17-24)34-30(29(33-31(34)37)26-9-5-6-20-32-26)27-18-19-28(36-27)38-25-7-3-2-4-8-25/h2-20,29-30H,1H3,(H,33,37)/t29-,30-/m0/s1. The Balaban J connectivity index is 1.31. The van der Waals surface area contributed by atoms with Crippen molar-refractivity contribution < 1.29 is 9.15 Å². The number of aromatic nitrogens is 1. The minimum atomic E-state index is -0.216. The summed E-state index contributed by atoms with van der Waals surface area (Å²) in [6.45, 7) is 2.06. The molecule has 1 aliphatic rings. The molecular formula is C31H25N3O2S2. The second kappa shape index (κ2) is 10.7. The van der Waals surface area contributed by atoms with Crippen LogP contribution in [0.25, 0.3) is 0 Å². The summed E-state index contributed by atoms with van der Waals surface area (Å²) in [6, 6.07) is 35.7. The van der Waals surface area contributed by atoms with Gasteiger partial charge in [0.15, 0.2) is 10.2 Å². The smallest absolute Gasteiger partial charge is 0.174 e. The van der Waals surface area contributed by atoms with Crippen LogP contribution in [0.2, 0.25) is 0 Å². The Kier molecular flexibility index (Phi) is 6.86. The number of pyridine rings is 1. The van der Waals surface area contributed by atoms with Crippen molar-refractivity contribution in [1.82, 2.24) is 10.3 Å². The third-order valence-corrected chi connectivity index (χ3v) is 7.57. The Morgan fingerprint density at radius 1 is 0.842 bits per heavy atom. The Hall–Kier alpha value is -4.07. The summed E-state index contributed by atoms with van der Waals surface area (Å²) in [5, 5.41) is 4.92. The molecular weight excluding hydrogens is 510 g/mol. The predicted octanol–water partition coefficient (Wildman–Crippen LogP) is 8.10. The zero-order valence-electron chi connectivity index (χ0n) is 20.7. The van der Waals surface area contributed by atoms with Crippen LogP contribution in [-0.2, 0) is 0 Å². The summed E-state index contributed by atoms with van der Waals surface area (Å²) in [5.74, 6) is 2.37. The highest BCUT2D eigenvalue weighted by molar-refractivity contribution is 7.99. The number of nitrogens with zero attached hydrogens (tertiary/aromatic N) is 2. The average molecular weight is 536 g/mol. The van der Waals surface area contributed by atoms with E-state index in [-0.39, 0.29) is 12.1 Å². The number of furan rings is 1. The van der Waals surface area contributed by atoms with E-state index < -0.39 is 0 Å². The molecule has 0 radical (unpaired) electrons. The highest BCUT2D eigenvalue weighted by Gasteiger charge is 2.42. The first-order valence-corrected chi connectivity index (χ1v) is 13.5. The molecule has 3 aromatic carbocycles. The Bertz CT molecular complexity index is 1520. The van der Waals surface area contributed by atoms with Crippen LogP contribution in [0.15, 0.2) is 130 Å². The molecule has 188 valence electrons. The van der Waals surface area contributed by atoms with Gasteiger partial charge < -0.3 is 19.4 Å². The van der Waals surface area contributed by atoms with E-state index in [9.17, 15) is 0 Å². The number of nitrogens with one attached hydrogen (secondary N) is 1. The first-order valence-electron chi connectivity index (χ1n) is 12.3. The quantitative estimate of drug-likeness (QED) is 0.211. The number of hydrogen-bond donors (Lipinski definition) is 1. The second-order valence-electron chi connectivity index (χ2n) is 8.98. The lowest BCUT2D eigenvalue weighted by Crippen LogP contribution is -2.29. The molecule has 0 unspecified atom stereocenters. The van der Waals surface area contributed by atoms with Gasteiger partial charge in [0.05, 0.1) is 11.7 Å². The molecule has 3 heterocycles. The number of thiocarbonyl (C=S) groups is 1. The van der Waals surface area contributed by atoms with Gasteiger partial charge in [0.2, 0.25) is 0 Å². The lowest BCUT2D eigenvalue weighted by atomic mass is 10.0. The van der Waals surface area contributed by atoms with Gasteiger partial charge in [0.1, 0.15) is 23.3 Å². The number of ether oxygens (including phenoxy) is 1. The average Bonchev–Trinajstić information content (AvgIpc) is 3.55. The van der Waals surface area contributed by atoms with Crippen LogP contribution in [0.3, 0.4) is 0 Å². The first-order chi connectivity index (χ1) is 18.6. The van der Waals surface area contributed by atoms with Crippen LogP contribution in [0, 0.1) is 6.92 Å². The molecule has 38 heavy (non-hydrogen) atoms. The van der Waals surface area contributed by atoms with Crippen molar-refractivity contribution in [2.24, 2.45) is 0 Å². The molecule has 2 atom stereocenters. The fraction of sp³-hybridized carbons (Fsp3) is 0.0968. The van der Waals surface area contributed by atoms with E-state index >= 15 is 0 Å². The highest BCUT2D eigenvalue weighted by atomic mass is 32.2. The number of benzene rings is 3. The molecule has 7 heteroatoms. The number of rotatable bonds is 7. The van der Waals surface area contributed by atoms with Crippen LogP contribution in [-0.4, -0.2) is 10.1 Å². The lowest BCUT2D eigenvalue weighted by Gasteiger charge is -2.26. The normalized spacial score (nSPS) is 16.9. The van der Waals surface area contributed by atoms with Crippen LogP contribution in [0.1, 0.15) is 29.1 Å². The topological polar surface area (TPSA) is 50.5 Å². The monoisotopic (exact) mass is 535 g/mol. The molecule has 1 N–H and O–H groups in total. The van der Waals surface area contributed by atoms with Crippen molar-refractivity contribution in [3.63, 3.8) is 0 Å². The van der Waals surface area contributed by atoms with Gasteiger partial charge in [-0.25, -0.2) is 0 Å². The third kappa shape index (κ3) is 5.16. The molecule has 5 aromatic rings. The van der Waals surface area contributed by atoms with Gasteiger partial charge in [0, 0.05) is 16.8 Å². The Morgan fingerprint density at radius 3 is 2.26 bits per heavy atom. The van der Waals surface area contributed by atoms with Crippen molar-refractivity contribution in [3.8, 4) is 11.5 Å². The molecule has 1 aliphatic heterocycles. The van der Waals surface area contributed by atoms with Crippen molar-refractivity contribution in [2.75, 3.05) is 4.90 Å². The molecule has 0 spiro atoms. The summed E-state index contributed by atoms with van der Waals surface area (Å²) in [7, 11) is 0. The molecule has 0 amide bonds. The molecule has 6 rings (SSSR count). The van der Waals surface area contributed by atoms with E-state index in [2.05, 4.69) is 34.3 Å². The molecule has 2 aromatic heterocycles. The van der Waals surface area contributed by atoms with Gasteiger partial charge in [-0.3, -0.25) is 4.98 Å². The Morgan fingerprint density at radius 2 is 1.55 bits per heavy atom. The number of hydrogen-bond acceptors (Lipinski definition) is 5. The largest absolute Gasteiger partial charge is 0.457 e. The van der Waals surface area contributed by atoms with Crippen LogP contribution >= 0.6 is 24.0 Å². The summed E-state index contributed by atoms with van der Waals surface area (Å²) >= 11 is 7.44. The van der Waals surface area contributed by atoms with Crippen molar-refractivity contribution >= 4 is 34.8 Å². The van der Waals surface area contributed by atoms with Crippen LogP contribution < -0.4 is 15.0 Å². The molecule has 0 aliphatic carbocycles. The lowest BCUT2D eigenvalue weighted by molar-refractivity contribution is 0.383. The van der Waals surface area contributed by atoms with E-state index in [1.54, 1.807) is 18.0 Å². The maximum Gasteiger partial charge on any atom is 0.174 e. The van der Waals surface area contributed by atoms with Gasteiger partial charge in [-0.05, 0) is 91.9 Å². The van der Waals surface area contributed by atoms with Crippen LogP contribution in [0.5, 0.6) is 11.5 Å². The zero-order valence-corrected chi connectivity index (χ0v) is 22.3. The van der Waals surface area contributed by atoms with Gasteiger partial charge >= 0.3 is 0 Å². The van der Waals surface area contributed by atoms with E-state index in [0.29, 0.717) is 5.11 Å². The minimum absolute atomic E-state index is 0.173. The summed E-state index contributed by atoms with van der Waals surface area (Å²) < 4.78 is 12.4. The van der Waals surface area contributed by atoms with Gasteiger partial charge in [0.25, 0.3) is 0 Å². The maximum absolute atomic E-state index is 6.40. The van der Waals surface area contributed by atoms with E-state index in [0.717, 1.165) is 38.6 Å². The second-order valence-corrected chi connectivity index (χ2v) is 10.4. The van der Waals surface area contributed by atoms with Crippen molar-refractivity contribution in [2.45, 2.75) is 29.0 Å². The van der Waals surface area contributed by atoms with Crippen molar-refractivity contribution in [1.29, 1.82) is 0 Å². The Labute approximate surface area is 231 Å². The van der Waals surface area contributed by atoms with Gasteiger partial charge in [-0.1, -0.05) is 53.7 Å². The van der Waals surface area contributed by atoms with Gasteiger partial charge in [-0.2, -0.15) is 0 Å².